The second-order valence-corrected chi connectivity index (χ2v) is 8.71. The third-order valence-electron chi connectivity index (χ3n) is 6.31. The van der Waals surface area contributed by atoms with Crippen molar-refractivity contribution < 1.29 is 14.7 Å². The fourth-order valence-electron chi connectivity index (χ4n) is 4.83. The molecule has 162 valence electrons. The highest BCUT2D eigenvalue weighted by atomic mass is 35.5. The molecule has 0 spiro atoms. The minimum Gasteiger partial charge on any atom is -0.494 e. The summed E-state index contributed by atoms with van der Waals surface area (Å²) in [5, 5.41) is 19.6. The van der Waals surface area contributed by atoms with Crippen molar-refractivity contribution in [1.82, 2.24) is 15.2 Å². The first-order valence-electron chi connectivity index (χ1n) is 10.5. The standard InChI is InChI=1S/C23H20ClN5O3/c24-12-5-6-18-16(7-12)20(23(31)27-18)22-21(15-3-1-2-4-17(15)26-22)28-32-11-19(30)29-10-13-8-14(29)9-25-13/h1-7,13-14,25,27,31H,8-11H2/b28-21+/t13-,14-/m0/s1. The van der Waals surface area contributed by atoms with Crippen molar-refractivity contribution in [2.24, 2.45) is 10.1 Å². The Labute approximate surface area is 188 Å². The van der Waals surface area contributed by atoms with E-state index in [9.17, 15) is 9.90 Å². The quantitative estimate of drug-likeness (QED) is 0.533. The predicted molar refractivity (Wildman–Crippen MR) is 122 cm³/mol. The average Bonchev–Trinajstić information content (AvgIpc) is 3.55. The number of hydrogen-bond acceptors (Lipinski definition) is 6. The molecular weight excluding hydrogens is 430 g/mol. The predicted octanol–water partition coefficient (Wildman–Crippen LogP) is 2.95. The number of oxime groups is 1. The molecule has 0 unspecified atom stereocenters. The van der Waals surface area contributed by atoms with Crippen LogP contribution in [-0.4, -0.2) is 64.1 Å². The van der Waals surface area contributed by atoms with Crippen LogP contribution in [0.25, 0.3) is 10.9 Å². The molecule has 2 fully saturated rings. The van der Waals surface area contributed by atoms with E-state index in [1.165, 1.54) is 0 Å². The lowest BCUT2D eigenvalue weighted by Gasteiger charge is -2.26. The van der Waals surface area contributed by atoms with Gasteiger partial charge in [0, 0.05) is 46.7 Å². The van der Waals surface area contributed by atoms with Gasteiger partial charge in [0.05, 0.1) is 11.3 Å². The third kappa shape index (κ3) is 3.06. The zero-order chi connectivity index (χ0) is 21.8. The number of piperazine rings is 1. The van der Waals surface area contributed by atoms with Crippen molar-refractivity contribution in [2.75, 3.05) is 19.7 Å². The summed E-state index contributed by atoms with van der Waals surface area (Å²) >= 11 is 6.20. The van der Waals surface area contributed by atoms with E-state index >= 15 is 0 Å². The Hall–Kier alpha value is -3.36. The molecule has 2 atom stereocenters. The van der Waals surface area contributed by atoms with Crippen LogP contribution in [0, 0.1) is 0 Å². The van der Waals surface area contributed by atoms with Crippen molar-refractivity contribution in [3.63, 3.8) is 0 Å². The number of aromatic nitrogens is 1. The summed E-state index contributed by atoms with van der Waals surface area (Å²) in [6.07, 6.45) is 0.993. The van der Waals surface area contributed by atoms with E-state index in [0.29, 0.717) is 34.6 Å². The van der Waals surface area contributed by atoms with Gasteiger partial charge in [0.15, 0.2) is 12.5 Å². The Morgan fingerprint density at radius 3 is 3.00 bits per heavy atom. The van der Waals surface area contributed by atoms with E-state index < -0.39 is 0 Å². The van der Waals surface area contributed by atoms with Gasteiger partial charge in [-0.2, -0.15) is 0 Å². The van der Waals surface area contributed by atoms with Gasteiger partial charge in [-0.05, 0) is 30.7 Å². The van der Waals surface area contributed by atoms with Crippen LogP contribution in [0.3, 0.4) is 0 Å². The van der Waals surface area contributed by atoms with Gasteiger partial charge < -0.3 is 25.1 Å². The maximum atomic E-state index is 12.6. The Kier molecular flexibility index (Phi) is 4.44. The number of H-pyrrole nitrogens is 1. The van der Waals surface area contributed by atoms with Crippen LogP contribution >= 0.6 is 11.6 Å². The lowest BCUT2D eigenvalue weighted by atomic mass is 10.0. The van der Waals surface area contributed by atoms with Gasteiger partial charge in [-0.15, -0.1) is 0 Å². The lowest BCUT2D eigenvalue weighted by Crippen LogP contribution is -2.47. The van der Waals surface area contributed by atoms with Crippen LogP contribution in [0.4, 0.5) is 5.69 Å². The first-order valence-corrected chi connectivity index (χ1v) is 10.9. The molecule has 0 radical (unpaired) electrons. The van der Waals surface area contributed by atoms with Crippen LogP contribution in [-0.2, 0) is 9.63 Å². The van der Waals surface area contributed by atoms with Crippen LogP contribution in [0.1, 0.15) is 17.5 Å². The zero-order valence-corrected chi connectivity index (χ0v) is 17.8. The minimum atomic E-state index is -0.145. The van der Waals surface area contributed by atoms with Crippen LogP contribution < -0.4 is 5.32 Å². The first-order chi connectivity index (χ1) is 15.6. The largest absolute Gasteiger partial charge is 0.494 e. The summed E-state index contributed by atoms with van der Waals surface area (Å²) in [6.45, 7) is 1.40. The van der Waals surface area contributed by atoms with Gasteiger partial charge in [0.25, 0.3) is 5.91 Å². The number of nitrogens with one attached hydrogen (secondary N) is 2. The van der Waals surface area contributed by atoms with E-state index in [0.717, 1.165) is 35.1 Å². The SMILES string of the molecule is O=C(CO/N=C1/C(c2c(O)[nH]c3ccc(Cl)cc23)=Nc2ccccc21)N1C[C@@H]2C[C@H]1CN2. The molecule has 8 nitrogen and oxygen atoms in total. The molecule has 6 rings (SSSR count). The molecule has 0 saturated carbocycles. The highest BCUT2D eigenvalue weighted by molar-refractivity contribution is 6.58. The summed E-state index contributed by atoms with van der Waals surface area (Å²) in [6, 6.07) is 13.5. The molecule has 1 amide bonds. The second-order valence-electron chi connectivity index (χ2n) is 8.27. The topological polar surface area (TPSA) is 102 Å². The molecule has 1 aromatic heterocycles. The van der Waals surface area contributed by atoms with Gasteiger partial charge in [0.2, 0.25) is 0 Å². The molecule has 32 heavy (non-hydrogen) atoms. The molecule has 3 aromatic rings. The average molecular weight is 450 g/mol. The highest BCUT2D eigenvalue weighted by Gasteiger charge is 2.40. The molecular formula is C23H20ClN5O3. The monoisotopic (exact) mass is 449 g/mol. The summed E-state index contributed by atoms with van der Waals surface area (Å²) in [4.78, 5) is 27.7. The van der Waals surface area contributed by atoms with E-state index in [2.05, 4.69) is 15.5 Å². The van der Waals surface area contributed by atoms with E-state index in [1.54, 1.807) is 18.2 Å². The van der Waals surface area contributed by atoms with Gasteiger partial charge in [-0.3, -0.25) is 4.79 Å². The van der Waals surface area contributed by atoms with Gasteiger partial charge in [0.1, 0.15) is 11.4 Å². The number of carbonyl (C=O) groups is 1. The third-order valence-corrected chi connectivity index (χ3v) is 6.55. The number of para-hydroxylation sites is 1. The summed E-state index contributed by atoms with van der Waals surface area (Å²) in [5.74, 6) is -0.104. The van der Waals surface area contributed by atoms with Gasteiger partial charge >= 0.3 is 0 Å². The molecule has 4 heterocycles. The number of fused-ring (bicyclic) bond motifs is 4. The minimum absolute atomic E-state index is 0.0295. The van der Waals surface area contributed by atoms with E-state index in [-0.39, 0.29) is 24.4 Å². The van der Waals surface area contributed by atoms with Crippen LogP contribution in [0.2, 0.25) is 5.02 Å². The molecule has 9 heteroatoms. The number of benzene rings is 2. The summed E-state index contributed by atoms with van der Waals surface area (Å²) in [7, 11) is 0. The summed E-state index contributed by atoms with van der Waals surface area (Å²) < 4.78 is 0. The molecule has 0 aliphatic carbocycles. The number of nitrogens with zero attached hydrogens (tertiary/aromatic N) is 3. The molecule has 2 saturated heterocycles. The number of aromatic amines is 1. The summed E-state index contributed by atoms with van der Waals surface area (Å²) in [5.41, 5.74) is 3.65. The van der Waals surface area contributed by atoms with E-state index in [1.807, 2.05) is 29.2 Å². The van der Waals surface area contributed by atoms with Crippen LogP contribution in [0.15, 0.2) is 52.6 Å². The van der Waals surface area contributed by atoms with Crippen molar-refractivity contribution in [3.05, 3.63) is 58.6 Å². The Balaban J connectivity index is 1.33. The van der Waals surface area contributed by atoms with Crippen molar-refractivity contribution >= 4 is 45.5 Å². The number of aromatic hydroxyl groups is 1. The van der Waals surface area contributed by atoms with E-state index in [4.69, 9.17) is 21.4 Å². The Bertz CT molecular complexity index is 1310. The zero-order valence-electron chi connectivity index (χ0n) is 17.0. The van der Waals surface area contributed by atoms with Crippen LogP contribution in [0.5, 0.6) is 5.88 Å². The normalized spacial score (nSPS) is 22.6. The van der Waals surface area contributed by atoms with Crippen molar-refractivity contribution in [1.29, 1.82) is 0 Å². The molecule has 2 bridgehead atoms. The number of rotatable bonds is 4. The number of likely N-dealkylation sites (tertiary alicyclic amines) is 1. The fourth-order valence-corrected chi connectivity index (χ4v) is 5.00. The van der Waals surface area contributed by atoms with Gasteiger partial charge in [-0.25, -0.2) is 4.99 Å². The Morgan fingerprint density at radius 1 is 1.31 bits per heavy atom. The number of hydrogen-bond donors (Lipinski definition) is 3. The maximum absolute atomic E-state index is 12.6. The number of halogens is 1. The number of amides is 1. The van der Waals surface area contributed by atoms with Gasteiger partial charge in [-0.1, -0.05) is 35.0 Å². The van der Waals surface area contributed by atoms with Crippen molar-refractivity contribution in [3.8, 4) is 5.88 Å². The molecule has 2 aromatic carbocycles. The van der Waals surface area contributed by atoms with Crippen molar-refractivity contribution in [2.45, 2.75) is 18.5 Å². The number of aliphatic imine (C=N–C) groups is 1. The lowest BCUT2D eigenvalue weighted by molar-refractivity contribution is -0.137. The second kappa shape index (κ2) is 7.36. The molecule has 3 aliphatic rings. The highest BCUT2D eigenvalue weighted by Crippen LogP contribution is 2.36. The first kappa shape index (κ1) is 19.3. The molecule has 3 N–H and O–H groups in total. The molecule has 3 aliphatic heterocycles. The number of carbonyl (C=O) groups excluding carboxylic acids is 1. The Morgan fingerprint density at radius 2 is 2.19 bits per heavy atom. The maximum Gasteiger partial charge on any atom is 0.263 e. The fraction of sp³-hybridized carbons (Fsp3) is 0.261. The smallest absolute Gasteiger partial charge is 0.263 e.